The number of nitrogens with one attached hydrogen (secondary N) is 3. The lowest BCUT2D eigenvalue weighted by Gasteiger charge is -2.30. The lowest BCUT2D eigenvalue weighted by atomic mass is 10.3. The molecule has 0 heterocycles. The zero-order valence-corrected chi connectivity index (χ0v) is 21.4. The maximum absolute atomic E-state index is 12.6. The van der Waals surface area contributed by atoms with Gasteiger partial charge in [-0.15, -0.1) is 0 Å². The molecule has 0 spiro atoms. The van der Waals surface area contributed by atoms with E-state index in [0.29, 0.717) is 65.0 Å². The van der Waals surface area contributed by atoms with Crippen LogP contribution in [0.15, 0.2) is 0 Å². The molecule has 4 amide bonds. The van der Waals surface area contributed by atoms with Crippen LogP contribution in [0.25, 0.3) is 0 Å². The molecule has 10 heteroatoms. The Bertz CT molecular complexity index is 454. The van der Waals surface area contributed by atoms with Crippen LogP contribution in [0, 0.1) is 0 Å². The first-order valence-electron chi connectivity index (χ1n) is 11.9. The summed E-state index contributed by atoms with van der Waals surface area (Å²) in [5.41, 5.74) is 0. The first-order chi connectivity index (χ1) is 15.0. The van der Waals surface area contributed by atoms with Gasteiger partial charge in [0.05, 0.1) is 0 Å². The Kier molecular flexibility index (Phi) is 18.5. The molecule has 0 saturated carbocycles. The van der Waals surface area contributed by atoms with Gasteiger partial charge in [-0.05, 0) is 40.0 Å². The van der Waals surface area contributed by atoms with E-state index in [1.165, 1.54) is 0 Å². The molecule has 0 unspecified atom stereocenters. The third kappa shape index (κ3) is 14.3. The molecule has 0 aliphatic carbocycles. The van der Waals surface area contributed by atoms with Crippen molar-refractivity contribution < 1.29 is 22.9 Å². The van der Waals surface area contributed by atoms with Crippen LogP contribution in [-0.4, -0.2) is 78.3 Å². The number of hydrogen-bond donors (Lipinski definition) is 3. The highest BCUT2D eigenvalue weighted by Gasteiger charge is 2.39. The van der Waals surface area contributed by atoms with Gasteiger partial charge in [-0.1, -0.05) is 26.7 Å². The zero-order valence-electron chi connectivity index (χ0n) is 20.4. The standard InChI is InChI=1S/C21H46N4O5Si/c1-6-11-14-22-20(26)23-16-18-25(21(27)24-15-12-7-2)17-13-19-31(28-8-3,29-9-4)30-10-5/h6-19H2,1-5H3,(H,24,27)(H2,22,23,26). The summed E-state index contributed by atoms with van der Waals surface area (Å²) in [4.78, 5) is 26.2. The third-order valence-electron chi connectivity index (χ3n) is 4.58. The van der Waals surface area contributed by atoms with E-state index in [4.69, 9.17) is 13.3 Å². The monoisotopic (exact) mass is 462 g/mol. The minimum Gasteiger partial charge on any atom is -0.374 e. The minimum absolute atomic E-state index is 0.113. The summed E-state index contributed by atoms with van der Waals surface area (Å²) in [7, 11) is -2.73. The topological polar surface area (TPSA) is 101 Å². The van der Waals surface area contributed by atoms with Crippen LogP contribution in [0.1, 0.15) is 66.7 Å². The highest BCUT2D eigenvalue weighted by molar-refractivity contribution is 6.60. The Hall–Kier alpha value is -1.36. The second-order valence-corrected chi connectivity index (χ2v) is 9.93. The molecule has 0 bridgehead atoms. The summed E-state index contributed by atoms with van der Waals surface area (Å²) in [6.45, 7) is 14.2. The van der Waals surface area contributed by atoms with Gasteiger partial charge < -0.3 is 34.1 Å². The molecule has 0 aliphatic heterocycles. The van der Waals surface area contributed by atoms with E-state index in [-0.39, 0.29) is 12.1 Å². The summed E-state index contributed by atoms with van der Waals surface area (Å²) < 4.78 is 17.7. The van der Waals surface area contributed by atoms with Crippen LogP contribution in [0.2, 0.25) is 6.04 Å². The second-order valence-electron chi connectivity index (χ2n) is 7.19. The zero-order chi connectivity index (χ0) is 23.4. The normalized spacial score (nSPS) is 11.3. The Balaban J connectivity index is 4.77. The van der Waals surface area contributed by atoms with Crippen LogP contribution >= 0.6 is 0 Å². The summed E-state index contributed by atoms with van der Waals surface area (Å²) in [6.07, 6.45) is 4.64. The SMILES string of the molecule is CCCCNC(=O)NCCN(CCC[Si](OCC)(OCC)OCC)C(=O)NCCCC. The quantitative estimate of drug-likeness (QED) is 0.202. The van der Waals surface area contributed by atoms with E-state index in [2.05, 4.69) is 29.8 Å². The number of carbonyl (C=O) groups excluding carboxylic acids is 2. The number of amides is 4. The van der Waals surface area contributed by atoms with Crippen molar-refractivity contribution in [1.29, 1.82) is 0 Å². The maximum Gasteiger partial charge on any atom is 0.500 e. The van der Waals surface area contributed by atoms with Crippen molar-refractivity contribution in [3.63, 3.8) is 0 Å². The molecule has 9 nitrogen and oxygen atoms in total. The number of rotatable bonds is 19. The molecule has 0 aromatic carbocycles. The number of unbranched alkanes of at least 4 members (excludes halogenated alkanes) is 2. The number of hydrogen-bond acceptors (Lipinski definition) is 5. The molecular formula is C21H46N4O5Si. The van der Waals surface area contributed by atoms with Gasteiger partial charge in [-0.2, -0.15) is 0 Å². The van der Waals surface area contributed by atoms with Crippen molar-refractivity contribution in [3.8, 4) is 0 Å². The molecule has 3 N–H and O–H groups in total. The van der Waals surface area contributed by atoms with E-state index in [1.54, 1.807) is 4.90 Å². The van der Waals surface area contributed by atoms with Gasteiger partial charge in [0.1, 0.15) is 0 Å². The van der Waals surface area contributed by atoms with Gasteiger partial charge in [-0.3, -0.25) is 0 Å². The van der Waals surface area contributed by atoms with Gasteiger partial charge in [0.2, 0.25) is 0 Å². The smallest absolute Gasteiger partial charge is 0.374 e. The van der Waals surface area contributed by atoms with Crippen LogP contribution in [0.5, 0.6) is 0 Å². The number of carbonyl (C=O) groups is 2. The maximum atomic E-state index is 12.6. The highest BCUT2D eigenvalue weighted by atomic mass is 28.4. The average Bonchev–Trinajstić information content (AvgIpc) is 2.73. The summed E-state index contributed by atoms with van der Waals surface area (Å²) in [5.74, 6) is 0. The molecule has 0 radical (unpaired) electrons. The van der Waals surface area contributed by atoms with Crippen LogP contribution in [0.3, 0.4) is 0 Å². The van der Waals surface area contributed by atoms with E-state index in [1.807, 2.05) is 20.8 Å². The molecule has 0 aromatic heterocycles. The first-order valence-corrected chi connectivity index (χ1v) is 13.9. The van der Waals surface area contributed by atoms with Crippen LogP contribution in [0.4, 0.5) is 9.59 Å². The second kappa shape index (κ2) is 19.3. The molecule has 0 atom stereocenters. The van der Waals surface area contributed by atoms with E-state index in [0.717, 1.165) is 25.7 Å². The highest BCUT2D eigenvalue weighted by Crippen LogP contribution is 2.18. The number of urea groups is 2. The predicted molar refractivity (Wildman–Crippen MR) is 126 cm³/mol. The molecule has 0 saturated heterocycles. The Morgan fingerprint density at radius 2 is 1.23 bits per heavy atom. The van der Waals surface area contributed by atoms with Crippen molar-refractivity contribution in [3.05, 3.63) is 0 Å². The van der Waals surface area contributed by atoms with Crippen molar-refractivity contribution in [1.82, 2.24) is 20.9 Å². The molecular weight excluding hydrogens is 416 g/mol. The summed E-state index contributed by atoms with van der Waals surface area (Å²) >= 11 is 0. The van der Waals surface area contributed by atoms with Crippen LogP contribution in [-0.2, 0) is 13.3 Å². The lowest BCUT2D eigenvalue weighted by molar-refractivity contribution is 0.0701. The summed E-state index contributed by atoms with van der Waals surface area (Å²) in [6, 6.07) is 0.333. The minimum atomic E-state index is -2.73. The Labute approximate surface area is 190 Å². The molecule has 184 valence electrons. The third-order valence-corrected chi connectivity index (χ3v) is 7.73. The molecule has 0 aromatic rings. The Morgan fingerprint density at radius 3 is 1.74 bits per heavy atom. The average molecular weight is 463 g/mol. The molecule has 0 aliphatic rings. The van der Waals surface area contributed by atoms with Crippen molar-refractivity contribution in [2.45, 2.75) is 72.8 Å². The lowest BCUT2D eigenvalue weighted by Crippen LogP contribution is -2.48. The van der Waals surface area contributed by atoms with Gasteiger partial charge in [0.25, 0.3) is 0 Å². The van der Waals surface area contributed by atoms with Crippen molar-refractivity contribution >= 4 is 20.9 Å². The van der Waals surface area contributed by atoms with E-state index in [9.17, 15) is 9.59 Å². The Morgan fingerprint density at radius 1 is 0.710 bits per heavy atom. The van der Waals surface area contributed by atoms with E-state index >= 15 is 0 Å². The largest absolute Gasteiger partial charge is 0.500 e. The van der Waals surface area contributed by atoms with Crippen LogP contribution < -0.4 is 16.0 Å². The van der Waals surface area contributed by atoms with Gasteiger partial charge in [-0.25, -0.2) is 9.59 Å². The van der Waals surface area contributed by atoms with Gasteiger partial charge in [0.15, 0.2) is 0 Å². The van der Waals surface area contributed by atoms with Crippen molar-refractivity contribution in [2.24, 2.45) is 0 Å². The predicted octanol–water partition coefficient (Wildman–Crippen LogP) is 3.34. The summed E-state index contributed by atoms with van der Waals surface area (Å²) in [5, 5.41) is 8.61. The van der Waals surface area contributed by atoms with Crippen molar-refractivity contribution in [2.75, 3.05) is 52.5 Å². The van der Waals surface area contributed by atoms with E-state index < -0.39 is 8.80 Å². The van der Waals surface area contributed by atoms with Gasteiger partial charge in [0, 0.05) is 58.6 Å². The molecule has 31 heavy (non-hydrogen) atoms. The molecule has 0 rings (SSSR count). The fourth-order valence-corrected chi connectivity index (χ4v) is 5.63. The van der Waals surface area contributed by atoms with Gasteiger partial charge >= 0.3 is 20.9 Å². The fraction of sp³-hybridized carbons (Fsp3) is 0.905. The first kappa shape index (κ1) is 29.6. The fourth-order valence-electron chi connectivity index (χ4n) is 3.03. The number of nitrogens with zero attached hydrogens (tertiary/aromatic N) is 1. The molecule has 0 fully saturated rings.